The second-order valence-corrected chi connectivity index (χ2v) is 5.80. The van der Waals surface area contributed by atoms with Crippen LogP contribution in [0.25, 0.3) is 0 Å². The quantitative estimate of drug-likeness (QED) is 0.753. The summed E-state index contributed by atoms with van der Waals surface area (Å²) >= 11 is 6.72. The second kappa shape index (κ2) is 6.30. The van der Waals surface area contributed by atoms with Crippen LogP contribution in [-0.2, 0) is 6.54 Å². The third-order valence-corrected chi connectivity index (χ3v) is 3.77. The number of hydrogen-bond acceptors (Lipinski definition) is 2. The molecular weight excluding hydrogens is 372 g/mol. The number of pyridine rings is 1. The molecule has 1 aromatic heterocycles. The minimum Gasteiger partial charge on any atom is -0.337 e. The van der Waals surface area contributed by atoms with Crippen molar-refractivity contribution in [1.29, 1.82) is 0 Å². The van der Waals surface area contributed by atoms with Crippen molar-refractivity contribution in [2.75, 3.05) is 7.05 Å². The molecule has 0 N–H and O–H groups in total. The van der Waals surface area contributed by atoms with Gasteiger partial charge in [0.05, 0.1) is 5.56 Å². The highest BCUT2D eigenvalue weighted by Crippen LogP contribution is 2.17. The van der Waals surface area contributed by atoms with Gasteiger partial charge in [0.15, 0.2) is 0 Å². The number of nitrogens with zero attached hydrogens (tertiary/aromatic N) is 2. The van der Waals surface area contributed by atoms with E-state index in [9.17, 15) is 4.79 Å². The molecule has 0 aliphatic rings. The average molecular weight is 384 g/mol. The molecule has 0 atom stereocenters. The Morgan fingerprint density at radius 3 is 2.74 bits per heavy atom. The highest BCUT2D eigenvalue weighted by molar-refractivity contribution is 9.10. The molecule has 19 heavy (non-hydrogen) atoms. The van der Waals surface area contributed by atoms with Crippen LogP contribution in [0.4, 0.5) is 0 Å². The van der Waals surface area contributed by atoms with E-state index in [1.54, 1.807) is 30.3 Å². The summed E-state index contributed by atoms with van der Waals surface area (Å²) in [5.74, 6) is -0.0556. The normalized spacial score (nSPS) is 10.3. The Kier molecular flexibility index (Phi) is 4.71. The Hall–Kier alpha value is -1.20. The van der Waals surface area contributed by atoms with E-state index in [2.05, 4.69) is 36.8 Å². The minimum absolute atomic E-state index is 0.0556. The van der Waals surface area contributed by atoms with Crippen molar-refractivity contribution < 1.29 is 4.79 Å². The number of amides is 1. The first-order valence-corrected chi connectivity index (χ1v) is 7.27. The van der Waals surface area contributed by atoms with Gasteiger partial charge in [0.1, 0.15) is 4.60 Å². The van der Waals surface area contributed by atoms with Gasteiger partial charge >= 0.3 is 0 Å². The lowest BCUT2D eigenvalue weighted by molar-refractivity contribution is 0.0783. The standard InChI is InChI=1S/C14H12Br2N2O/c1-18(9-10-4-2-5-11(15)8-10)14(19)12-6-3-7-17-13(12)16/h2-8H,9H2,1H3. The average Bonchev–Trinajstić information content (AvgIpc) is 2.38. The molecule has 0 bridgehead atoms. The molecule has 2 aromatic rings. The summed E-state index contributed by atoms with van der Waals surface area (Å²) in [5, 5.41) is 0. The molecule has 98 valence electrons. The number of carbonyl (C=O) groups is 1. The van der Waals surface area contributed by atoms with Crippen molar-refractivity contribution in [2.45, 2.75) is 6.54 Å². The van der Waals surface area contributed by atoms with Gasteiger partial charge in [-0.2, -0.15) is 0 Å². The fourth-order valence-corrected chi connectivity index (χ4v) is 2.60. The molecule has 0 saturated carbocycles. The zero-order chi connectivity index (χ0) is 13.8. The Labute approximate surface area is 128 Å². The van der Waals surface area contributed by atoms with E-state index in [-0.39, 0.29) is 5.91 Å². The minimum atomic E-state index is -0.0556. The molecule has 5 heteroatoms. The smallest absolute Gasteiger partial charge is 0.256 e. The molecule has 0 aliphatic heterocycles. The van der Waals surface area contributed by atoms with Crippen LogP contribution in [0.15, 0.2) is 51.7 Å². The lowest BCUT2D eigenvalue weighted by atomic mass is 10.2. The van der Waals surface area contributed by atoms with Crippen molar-refractivity contribution in [3.63, 3.8) is 0 Å². The number of aromatic nitrogens is 1. The fourth-order valence-electron chi connectivity index (χ4n) is 1.73. The molecule has 1 aromatic carbocycles. The topological polar surface area (TPSA) is 33.2 Å². The summed E-state index contributed by atoms with van der Waals surface area (Å²) in [6.07, 6.45) is 1.65. The molecule has 0 saturated heterocycles. The Morgan fingerprint density at radius 2 is 2.05 bits per heavy atom. The first-order chi connectivity index (χ1) is 9.08. The van der Waals surface area contributed by atoms with Crippen LogP contribution in [0.3, 0.4) is 0 Å². The Balaban J connectivity index is 2.14. The second-order valence-electron chi connectivity index (χ2n) is 4.13. The van der Waals surface area contributed by atoms with Crippen molar-refractivity contribution in [2.24, 2.45) is 0 Å². The third-order valence-electron chi connectivity index (χ3n) is 2.64. The maximum atomic E-state index is 12.3. The molecule has 2 rings (SSSR count). The van der Waals surface area contributed by atoms with Gasteiger partial charge in [-0.1, -0.05) is 28.1 Å². The lowest BCUT2D eigenvalue weighted by Crippen LogP contribution is -2.26. The number of rotatable bonds is 3. The number of hydrogen-bond donors (Lipinski definition) is 0. The number of halogens is 2. The highest BCUT2D eigenvalue weighted by atomic mass is 79.9. The molecule has 0 fully saturated rings. The molecule has 3 nitrogen and oxygen atoms in total. The summed E-state index contributed by atoms with van der Waals surface area (Å²) < 4.78 is 1.58. The molecule has 0 unspecified atom stereocenters. The van der Waals surface area contributed by atoms with Crippen LogP contribution >= 0.6 is 31.9 Å². The van der Waals surface area contributed by atoms with Gasteiger partial charge in [0.2, 0.25) is 0 Å². The van der Waals surface area contributed by atoms with E-state index >= 15 is 0 Å². The molecular formula is C14H12Br2N2O. The fraction of sp³-hybridized carbons (Fsp3) is 0.143. The van der Waals surface area contributed by atoms with Crippen LogP contribution in [0.1, 0.15) is 15.9 Å². The summed E-state index contributed by atoms with van der Waals surface area (Å²) in [6, 6.07) is 11.4. The van der Waals surface area contributed by atoms with E-state index in [1.807, 2.05) is 24.3 Å². The summed E-state index contributed by atoms with van der Waals surface area (Å²) in [7, 11) is 1.78. The first kappa shape index (κ1) is 14.2. The Morgan fingerprint density at radius 1 is 1.26 bits per heavy atom. The van der Waals surface area contributed by atoms with Gasteiger partial charge in [-0.3, -0.25) is 4.79 Å². The van der Waals surface area contributed by atoms with Gasteiger partial charge in [0.25, 0.3) is 5.91 Å². The molecule has 1 heterocycles. The molecule has 0 radical (unpaired) electrons. The number of benzene rings is 1. The highest BCUT2D eigenvalue weighted by Gasteiger charge is 2.15. The van der Waals surface area contributed by atoms with Crippen molar-refractivity contribution in [3.05, 3.63) is 62.8 Å². The van der Waals surface area contributed by atoms with E-state index < -0.39 is 0 Å². The monoisotopic (exact) mass is 382 g/mol. The summed E-state index contributed by atoms with van der Waals surface area (Å²) in [6.45, 7) is 0.555. The first-order valence-electron chi connectivity index (χ1n) is 5.68. The van der Waals surface area contributed by atoms with Crippen molar-refractivity contribution in [1.82, 2.24) is 9.88 Å². The molecule has 0 spiro atoms. The third kappa shape index (κ3) is 3.64. The zero-order valence-electron chi connectivity index (χ0n) is 10.3. The van der Waals surface area contributed by atoms with Crippen molar-refractivity contribution >= 4 is 37.8 Å². The number of carbonyl (C=O) groups excluding carboxylic acids is 1. The van der Waals surface area contributed by atoms with E-state index in [0.717, 1.165) is 10.0 Å². The van der Waals surface area contributed by atoms with Gasteiger partial charge in [-0.15, -0.1) is 0 Å². The van der Waals surface area contributed by atoms with E-state index in [4.69, 9.17) is 0 Å². The van der Waals surface area contributed by atoms with Crippen LogP contribution in [0, 0.1) is 0 Å². The molecule has 1 amide bonds. The van der Waals surface area contributed by atoms with Gasteiger partial charge in [0, 0.05) is 24.3 Å². The van der Waals surface area contributed by atoms with Gasteiger partial charge in [-0.25, -0.2) is 4.98 Å². The largest absolute Gasteiger partial charge is 0.337 e. The maximum absolute atomic E-state index is 12.3. The van der Waals surface area contributed by atoms with Crippen LogP contribution < -0.4 is 0 Å². The predicted octanol–water partition coefficient (Wildman–Crippen LogP) is 3.88. The zero-order valence-corrected chi connectivity index (χ0v) is 13.5. The van der Waals surface area contributed by atoms with Crippen LogP contribution in [0.5, 0.6) is 0 Å². The SMILES string of the molecule is CN(Cc1cccc(Br)c1)C(=O)c1cccnc1Br. The lowest BCUT2D eigenvalue weighted by Gasteiger charge is -2.18. The van der Waals surface area contributed by atoms with Crippen LogP contribution in [0.2, 0.25) is 0 Å². The summed E-state index contributed by atoms with van der Waals surface area (Å²) in [4.78, 5) is 18.0. The van der Waals surface area contributed by atoms with Crippen molar-refractivity contribution in [3.8, 4) is 0 Å². The van der Waals surface area contributed by atoms with E-state index in [0.29, 0.717) is 16.7 Å². The maximum Gasteiger partial charge on any atom is 0.256 e. The van der Waals surface area contributed by atoms with Crippen LogP contribution in [-0.4, -0.2) is 22.8 Å². The Bertz CT molecular complexity index is 602. The van der Waals surface area contributed by atoms with E-state index in [1.165, 1.54) is 0 Å². The van der Waals surface area contributed by atoms with Gasteiger partial charge < -0.3 is 4.90 Å². The summed E-state index contributed by atoms with van der Waals surface area (Å²) in [5.41, 5.74) is 1.64. The van der Waals surface area contributed by atoms with Gasteiger partial charge in [-0.05, 0) is 45.8 Å². The molecule has 0 aliphatic carbocycles. The predicted molar refractivity (Wildman–Crippen MR) is 81.9 cm³/mol.